The maximum absolute atomic E-state index is 14.5. The second-order valence-corrected chi connectivity index (χ2v) is 21.3. The van der Waals surface area contributed by atoms with E-state index in [0.29, 0.717) is 11.1 Å². The van der Waals surface area contributed by atoms with E-state index in [1.54, 1.807) is 88.4 Å². The lowest BCUT2D eigenvalue weighted by molar-refractivity contribution is -0.146. The summed E-state index contributed by atoms with van der Waals surface area (Å²) in [4.78, 5) is 166. The minimum Gasteiger partial charge on any atom is -0.481 e. The Morgan fingerprint density at radius 3 is 1.54 bits per heavy atom. The topological polar surface area (TPSA) is 476 Å². The second-order valence-electron chi connectivity index (χ2n) is 21.3. The smallest absolute Gasteiger partial charge is 0.326 e. The Bertz CT molecular complexity index is 2660. The molecule has 2 aromatic carbocycles. The predicted molar refractivity (Wildman–Crippen MR) is 302 cm³/mol. The molecule has 29 heteroatoms. The highest BCUT2D eigenvalue weighted by Gasteiger charge is 2.41. The third-order valence-corrected chi connectivity index (χ3v) is 13.4. The Balaban J connectivity index is 1.91. The van der Waals surface area contributed by atoms with Crippen molar-refractivity contribution >= 4 is 77.0 Å². The minimum absolute atomic E-state index is 0.000453. The standard InChI is InChI=1S/C55H81N13O16/c1-28(2)23-35(65-52(81)43(56)31(6)69)47(76)60-30(5)45(74)62-38(26-41(70)71)49(78)64-36(24-32-15-9-7-10-16-32)48(77)66-39(27-42(72)73)53(82)68-22-14-20-40(68)51(80)61-34(19-13-21-59-55(57)58)46(75)63-37(25-33-17-11-8-12-18-33)50(79)67-44(29(3)4)54(83)84/h7-12,15-18,28-31,34-40,43-44,69H,13-14,19-27,56H2,1-6H3,(H,60,76)(H,61,80)(H,62,74)(H,63,75)(H,64,78)(H,65,81)(H,66,77)(H,67,79)(H,70,71)(H,72,73)(H,83,84)(H4,57,58,59)/t30-,31+,34-,35-,36-,37-,38-,39-,40-,43-,44-/m0/s1. The van der Waals surface area contributed by atoms with Crippen LogP contribution in [0.15, 0.2) is 65.7 Å². The first-order valence-corrected chi connectivity index (χ1v) is 27.5. The molecule has 3 rings (SSSR count). The molecule has 1 aliphatic rings. The van der Waals surface area contributed by atoms with Gasteiger partial charge in [-0.05, 0) is 68.9 Å². The highest BCUT2D eigenvalue weighted by molar-refractivity contribution is 6.00. The quantitative estimate of drug-likeness (QED) is 0.0187. The van der Waals surface area contributed by atoms with Gasteiger partial charge in [0, 0.05) is 25.9 Å². The number of benzene rings is 2. The summed E-state index contributed by atoms with van der Waals surface area (Å²) in [6.07, 6.45) is -3.54. The Kier molecular flexibility index (Phi) is 28.2. The van der Waals surface area contributed by atoms with Crippen LogP contribution in [0.3, 0.4) is 0 Å². The zero-order chi connectivity index (χ0) is 63.0. The molecular weight excluding hydrogens is 1100 g/mol. The van der Waals surface area contributed by atoms with Crippen LogP contribution in [-0.2, 0) is 70.4 Å². The number of nitrogens with one attached hydrogen (secondary N) is 8. The van der Waals surface area contributed by atoms with Gasteiger partial charge < -0.3 is 85.1 Å². The van der Waals surface area contributed by atoms with Crippen molar-refractivity contribution in [2.24, 2.45) is 34.0 Å². The fourth-order valence-corrected chi connectivity index (χ4v) is 8.87. The molecule has 84 heavy (non-hydrogen) atoms. The molecule has 18 N–H and O–H groups in total. The maximum Gasteiger partial charge on any atom is 0.326 e. The van der Waals surface area contributed by atoms with Crippen LogP contribution < -0.4 is 59.7 Å². The summed E-state index contributed by atoms with van der Waals surface area (Å²) in [7, 11) is 0. The lowest BCUT2D eigenvalue weighted by Crippen LogP contribution is -2.61. The Hall–Kier alpha value is -8.73. The molecule has 1 heterocycles. The summed E-state index contributed by atoms with van der Waals surface area (Å²) in [5.74, 6) is -14.2. The van der Waals surface area contributed by atoms with Crippen LogP contribution >= 0.6 is 0 Å². The molecule has 2 aromatic rings. The van der Waals surface area contributed by atoms with Crippen molar-refractivity contribution in [3.63, 3.8) is 0 Å². The van der Waals surface area contributed by atoms with Gasteiger partial charge >= 0.3 is 17.9 Å². The van der Waals surface area contributed by atoms with E-state index >= 15 is 0 Å². The fourth-order valence-electron chi connectivity index (χ4n) is 8.87. The molecule has 0 bridgehead atoms. The molecular formula is C55H81N13O16. The summed E-state index contributed by atoms with van der Waals surface area (Å²) >= 11 is 0. The van der Waals surface area contributed by atoms with Gasteiger partial charge in [0.1, 0.15) is 60.4 Å². The average Bonchev–Trinajstić information content (AvgIpc) is 3.64. The highest BCUT2D eigenvalue weighted by Crippen LogP contribution is 2.21. The van der Waals surface area contributed by atoms with E-state index in [9.17, 15) is 78.0 Å². The van der Waals surface area contributed by atoms with Crippen molar-refractivity contribution in [2.45, 2.75) is 166 Å². The number of nitrogens with zero attached hydrogens (tertiary/aromatic N) is 2. The van der Waals surface area contributed by atoms with Crippen LogP contribution in [-0.4, -0.2) is 182 Å². The van der Waals surface area contributed by atoms with Crippen LogP contribution in [0.4, 0.5) is 0 Å². The lowest BCUT2D eigenvalue weighted by atomic mass is 10.0. The Labute approximate surface area is 485 Å². The summed E-state index contributed by atoms with van der Waals surface area (Å²) in [6, 6.07) is 1.46. The van der Waals surface area contributed by atoms with Gasteiger partial charge in [0.05, 0.1) is 18.9 Å². The number of hydrogen-bond donors (Lipinski definition) is 15. The normalized spacial score (nSPS) is 16.5. The number of hydrogen-bond acceptors (Lipinski definition) is 15. The van der Waals surface area contributed by atoms with Gasteiger partial charge in [0.25, 0.3) is 0 Å². The van der Waals surface area contributed by atoms with Crippen molar-refractivity contribution in [3.8, 4) is 0 Å². The molecule has 0 aromatic heterocycles. The summed E-state index contributed by atoms with van der Waals surface area (Å²) in [6.45, 7) is 9.03. The molecule has 29 nitrogen and oxygen atoms in total. The van der Waals surface area contributed by atoms with E-state index in [0.717, 1.165) is 4.90 Å². The molecule has 1 fully saturated rings. The molecule has 0 aliphatic carbocycles. The van der Waals surface area contributed by atoms with E-state index in [-0.39, 0.29) is 69.9 Å². The molecule has 11 atom stereocenters. The average molecular weight is 1180 g/mol. The molecule has 0 saturated carbocycles. The van der Waals surface area contributed by atoms with E-state index in [1.807, 2.05) is 0 Å². The van der Waals surface area contributed by atoms with Gasteiger partial charge in [-0.3, -0.25) is 57.7 Å². The van der Waals surface area contributed by atoms with E-state index in [1.165, 1.54) is 13.8 Å². The Morgan fingerprint density at radius 2 is 1.05 bits per heavy atom. The van der Waals surface area contributed by atoms with Crippen LogP contribution in [0.1, 0.15) is 97.6 Å². The van der Waals surface area contributed by atoms with Crippen LogP contribution in [0, 0.1) is 11.8 Å². The van der Waals surface area contributed by atoms with Gasteiger partial charge in [-0.2, -0.15) is 0 Å². The molecule has 0 spiro atoms. The highest BCUT2D eigenvalue weighted by atomic mass is 16.4. The van der Waals surface area contributed by atoms with Crippen molar-refractivity contribution in [1.82, 2.24) is 47.4 Å². The van der Waals surface area contributed by atoms with E-state index in [4.69, 9.17) is 17.2 Å². The number of aliphatic hydroxyl groups is 1. The third kappa shape index (κ3) is 23.3. The predicted octanol–water partition coefficient (Wildman–Crippen LogP) is -3.14. The fraction of sp³-hybridized carbons (Fsp3) is 0.545. The number of aliphatic hydroxyl groups excluding tert-OH is 1. The zero-order valence-corrected chi connectivity index (χ0v) is 47.9. The first-order valence-electron chi connectivity index (χ1n) is 27.5. The number of likely N-dealkylation sites (tertiary alicyclic amines) is 1. The van der Waals surface area contributed by atoms with Gasteiger partial charge in [-0.25, -0.2) is 4.79 Å². The van der Waals surface area contributed by atoms with E-state index < -0.39 is 156 Å². The van der Waals surface area contributed by atoms with Crippen LogP contribution in [0.25, 0.3) is 0 Å². The molecule has 0 unspecified atom stereocenters. The molecule has 9 amide bonds. The molecule has 462 valence electrons. The first-order chi connectivity index (χ1) is 39.5. The first kappa shape index (κ1) is 69.5. The summed E-state index contributed by atoms with van der Waals surface area (Å²) in [5.41, 5.74) is 17.8. The van der Waals surface area contributed by atoms with Crippen LogP contribution in [0.2, 0.25) is 0 Å². The number of carbonyl (C=O) groups excluding carboxylic acids is 9. The number of amides is 9. The van der Waals surface area contributed by atoms with Crippen molar-refractivity contribution in [1.29, 1.82) is 0 Å². The maximum atomic E-state index is 14.5. The number of nitrogens with two attached hydrogens (primary N) is 3. The minimum atomic E-state index is -1.91. The molecule has 1 saturated heterocycles. The number of aliphatic imine (C=N–C) groups is 1. The number of guanidine groups is 1. The van der Waals surface area contributed by atoms with Crippen molar-refractivity contribution in [2.75, 3.05) is 13.1 Å². The van der Waals surface area contributed by atoms with Gasteiger partial charge in [0.2, 0.25) is 53.2 Å². The third-order valence-electron chi connectivity index (χ3n) is 13.4. The summed E-state index contributed by atoms with van der Waals surface area (Å²) in [5, 5.41) is 59.1. The number of rotatable bonds is 34. The van der Waals surface area contributed by atoms with Gasteiger partial charge in [-0.15, -0.1) is 0 Å². The zero-order valence-electron chi connectivity index (χ0n) is 47.9. The van der Waals surface area contributed by atoms with Crippen molar-refractivity contribution < 1.29 is 78.0 Å². The van der Waals surface area contributed by atoms with Gasteiger partial charge in [-0.1, -0.05) is 88.4 Å². The van der Waals surface area contributed by atoms with Crippen LogP contribution in [0.5, 0.6) is 0 Å². The van der Waals surface area contributed by atoms with Gasteiger partial charge in [0.15, 0.2) is 5.96 Å². The SMILES string of the molecule is CC(C)C[C@H](NC(=O)[C@@H](N)[C@@H](C)O)C(=O)N[C@@H](C)C(=O)N[C@@H](CC(=O)O)C(=O)N[C@@H](Cc1ccccc1)C(=O)N[C@@H](CC(=O)O)C(=O)N1CCC[C@H]1C(=O)N[C@@H](CCCN=C(N)N)C(=O)N[C@@H](Cc1ccccc1)C(=O)N[C@H](C(=O)O)C(C)C. The number of carbonyl (C=O) groups is 12. The Morgan fingerprint density at radius 1 is 0.583 bits per heavy atom. The molecule has 0 radical (unpaired) electrons. The lowest BCUT2D eigenvalue weighted by Gasteiger charge is -2.31. The largest absolute Gasteiger partial charge is 0.481 e. The number of carboxylic acid groups (broad SMARTS) is 3. The van der Waals surface area contributed by atoms with Crippen molar-refractivity contribution in [3.05, 3.63) is 71.8 Å². The number of aliphatic carboxylic acids is 3. The monoisotopic (exact) mass is 1180 g/mol. The number of carboxylic acids is 3. The summed E-state index contributed by atoms with van der Waals surface area (Å²) < 4.78 is 0. The van der Waals surface area contributed by atoms with E-state index in [2.05, 4.69) is 47.5 Å². The second kappa shape index (κ2) is 34.0. The molecule has 1 aliphatic heterocycles.